The Morgan fingerprint density at radius 3 is 2.38 bits per heavy atom. The number of aliphatic imine (C=N–C) groups is 1. The molecule has 0 spiro atoms. The lowest BCUT2D eigenvalue weighted by Gasteiger charge is -2.37. The minimum Gasteiger partial charge on any atom is -0.368 e. The van der Waals surface area contributed by atoms with Gasteiger partial charge in [0.2, 0.25) is 0 Å². The van der Waals surface area contributed by atoms with E-state index in [2.05, 4.69) is 69.4 Å². The van der Waals surface area contributed by atoms with Gasteiger partial charge in [-0.15, -0.1) is 0 Å². The number of hydrogen-bond donors (Lipinski definition) is 1. The second kappa shape index (κ2) is 8.25. The van der Waals surface area contributed by atoms with Gasteiger partial charge in [-0.2, -0.15) is 5.10 Å². The average molecular weight is 355 g/mol. The van der Waals surface area contributed by atoms with Gasteiger partial charge < -0.3 is 15.1 Å². The predicted octanol–water partition coefficient (Wildman–Crippen LogP) is 1.98. The third kappa shape index (κ3) is 4.00. The van der Waals surface area contributed by atoms with E-state index >= 15 is 0 Å². The fourth-order valence-electron chi connectivity index (χ4n) is 3.63. The molecule has 2 heterocycles. The Balaban J connectivity index is 1.51. The molecular formula is C20H30N6. The molecule has 1 fully saturated rings. The second-order valence-electron chi connectivity index (χ2n) is 6.81. The van der Waals surface area contributed by atoms with Gasteiger partial charge in [0.25, 0.3) is 0 Å². The largest absolute Gasteiger partial charge is 0.368 e. The Morgan fingerprint density at radius 2 is 1.81 bits per heavy atom. The number of anilines is 1. The van der Waals surface area contributed by atoms with E-state index in [-0.39, 0.29) is 0 Å². The number of hydrogen-bond acceptors (Lipinski definition) is 3. The molecule has 0 amide bonds. The number of para-hydroxylation sites is 1. The summed E-state index contributed by atoms with van der Waals surface area (Å²) in [6.45, 7) is 9.10. The van der Waals surface area contributed by atoms with Crippen LogP contribution < -0.4 is 10.2 Å². The Bertz CT molecular complexity index is 741. The molecule has 0 atom stereocenters. The normalized spacial score (nSPS) is 15.5. The van der Waals surface area contributed by atoms with E-state index in [4.69, 9.17) is 0 Å². The summed E-state index contributed by atoms with van der Waals surface area (Å²) in [5.41, 5.74) is 5.01. The number of nitrogens with zero attached hydrogens (tertiary/aromatic N) is 5. The maximum atomic E-state index is 4.50. The van der Waals surface area contributed by atoms with Gasteiger partial charge in [-0.25, -0.2) is 0 Å². The first-order valence-corrected chi connectivity index (χ1v) is 9.35. The van der Waals surface area contributed by atoms with Crippen molar-refractivity contribution in [3.8, 4) is 0 Å². The van der Waals surface area contributed by atoms with Crippen LogP contribution in [0.1, 0.15) is 17.0 Å². The first-order valence-electron chi connectivity index (χ1n) is 9.35. The molecule has 6 nitrogen and oxygen atoms in total. The molecule has 26 heavy (non-hydrogen) atoms. The molecule has 1 saturated heterocycles. The molecule has 140 valence electrons. The fourth-order valence-corrected chi connectivity index (χ4v) is 3.63. The van der Waals surface area contributed by atoms with E-state index < -0.39 is 0 Å². The summed E-state index contributed by atoms with van der Waals surface area (Å²) in [6, 6.07) is 10.6. The standard InChI is InChI=1S/C20H30N6/c1-16-19(17(2)24(4)23-16)10-11-22-20(21-3)26-14-12-25(13-15-26)18-8-6-5-7-9-18/h5-9H,10-15H2,1-4H3,(H,21,22). The van der Waals surface area contributed by atoms with E-state index in [0.29, 0.717) is 0 Å². The van der Waals surface area contributed by atoms with E-state index in [1.54, 1.807) is 0 Å². The Hall–Kier alpha value is -2.50. The number of aryl methyl sites for hydroxylation is 2. The summed E-state index contributed by atoms with van der Waals surface area (Å²) >= 11 is 0. The molecule has 1 aliphatic rings. The molecule has 0 radical (unpaired) electrons. The van der Waals surface area contributed by atoms with E-state index in [9.17, 15) is 0 Å². The highest BCUT2D eigenvalue weighted by molar-refractivity contribution is 5.80. The zero-order valence-electron chi connectivity index (χ0n) is 16.4. The minimum atomic E-state index is 0.874. The number of aromatic nitrogens is 2. The summed E-state index contributed by atoms with van der Waals surface area (Å²) in [7, 11) is 3.87. The van der Waals surface area contributed by atoms with Crippen LogP contribution in [0.4, 0.5) is 5.69 Å². The van der Waals surface area contributed by atoms with Crippen LogP contribution in [0.3, 0.4) is 0 Å². The van der Waals surface area contributed by atoms with Crippen molar-refractivity contribution in [2.24, 2.45) is 12.0 Å². The number of benzene rings is 1. The van der Waals surface area contributed by atoms with Crippen molar-refractivity contribution >= 4 is 11.6 Å². The molecule has 1 N–H and O–H groups in total. The number of nitrogens with one attached hydrogen (secondary N) is 1. The number of piperazine rings is 1. The average Bonchev–Trinajstić information content (AvgIpc) is 2.92. The fraction of sp³-hybridized carbons (Fsp3) is 0.500. The molecule has 0 bridgehead atoms. The van der Waals surface area contributed by atoms with Crippen molar-refractivity contribution in [1.82, 2.24) is 20.0 Å². The molecule has 3 rings (SSSR count). The van der Waals surface area contributed by atoms with Crippen LogP contribution in [0.5, 0.6) is 0 Å². The Labute approximate surface area is 156 Å². The van der Waals surface area contributed by atoms with E-state index in [0.717, 1.165) is 50.8 Å². The molecule has 1 aromatic carbocycles. The lowest BCUT2D eigenvalue weighted by Crippen LogP contribution is -2.52. The maximum absolute atomic E-state index is 4.50. The monoisotopic (exact) mass is 354 g/mol. The molecule has 0 saturated carbocycles. The maximum Gasteiger partial charge on any atom is 0.193 e. The number of rotatable bonds is 4. The quantitative estimate of drug-likeness (QED) is 0.674. The van der Waals surface area contributed by atoms with Gasteiger partial charge in [-0.1, -0.05) is 18.2 Å². The summed E-state index contributed by atoms with van der Waals surface area (Å²) < 4.78 is 1.96. The van der Waals surface area contributed by atoms with Gasteiger partial charge in [0.1, 0.15) is 0 Å². The van der Waals surface area contributed by atoms with Crippen LogP contribution in [0.2, 0.25) is 0 Å². The Morgan fingerprint density at radius 1 is 1.12 bits per heavy atom. The minimum absolute atomic E-state index is 0.874. The van der Waals surface area contributed by atoms with Gasteiger partial charge in [0.15, 0.2) is 5.96 Å². The number of guanidine groups is 1. The highest BCUT2D eigenvalue weighted by atomic mass is 15.3. The lowest BCUT2D eigenvalue weighted by molar-refractivity contribution is 0.373. The van der Waals surface area contributed by atoms with Crippen LogP contribution in [0.15, 0.2) is 35.3 Å². The first kappa shape index (κ1) is 18.3. The van der Waals surface area contributed by atoms with Crippen LogP contribution in [0.25, 0.3) is 0 Å². The predicted molar refractivity (Wildman–Crippen MR) is 108 cm³/mol. The summed E-state index contributed by atoms with van der Waals surface area (Å²) in [5, 5.41) is 8.02. The smallest absolute Gasteiger partial charge is 0.193 e. The van der Waals surface area contributed by atoms with E-state index in [1.807, 2.05) is 18.8 Å². The highest BCUT2D eigenvalue weighted by Gasteiger charge is 2.19. The molecule has 1 aliphatic heterocycles. The van der Waals surface area contributed by atoms with Crippen LogP contribution in [-0.2, 0) is 13.5 Å². The van der Waals surface area contributed by atoms with Gasteiger partial charge in [-0.05, 0) is 38.0 Å². The Kier molecular flexibility index (Phi) is 5.81. The molecule has 0 aliphatic carbocycles. The van der Waals surface area contributed by atoms with Gasteiger partial charge in [-0.3, -0.25) is 9.67 Å². The first-order chi connectivity index (χ1) is 12.6. The van der Waals surface area contributed by atoms with Crippen molar-refractivity contribution in [3.05, 3.63) is 47.3 Å². The van der Waals surface area contributed by atoms with Crippen molar-refractivity contribution in [3.63, 3.8) is 0 Å². The van der Waals surface area contributed by atoms with Crippen LogP contribution >= 0.6 is 0 Å². The molecule has 1 aromatic heterocycles. The zero-order valence-corrected chi connectivity index (χ0v) is 16.4. The van der Waals surface area contributed by atoms with Crippen molar-refractivity contribution in [2.45, 2.75) is 20.3 Å². The van der Waals surface area contributed by atoms with Crippen molar-refractivity contribution in [2.75, 3.05) is 44.7 Å². The SMILES string of the molecule is CN=C(NCCc1c(C)nn(C)c1C)N1CCN(c2ccccc2)CC1. The van der Waals surface area contributed by atoms with Crippen molar-refractivity contribution < 1.29 is 0 Å². The lowest BCUT2D eigenvalue weighted by atomic mass is 10.1. The zero-order chi connectivity index (χ0) is 18.5. The third-order valence-corrected chi connectivity index (χ3v) is 5.23. The molecular weight excluding hydrogens is 324 g/mol. The highest BCUT2D eigenvalue weighted by Crippen LogP contribution is 2.16. The van der Waals surface area contributed by atoms with Crippen molar-refractivity contribution in [1.29, 1.82) is 0 Å². The second-order valence-corrected chi connectivity index (χ2v) is 6.81. The molecule has 6 heteroatoms. The summed E-state index contributed by atoms with van der Waals surface area (Å²) in [4.78, 5) is 9.27. The topological polar surface area (TPSA) is 48.7 Å². The van der Waals surface area contributed by atoms with Gasteiger partial charge >= 0.3 is 0 Å². The van der Waals surface area contributed by atoms with Crippen LogP contribution in [0, 0.1) is 13.8 Å². The third-order valence-electron chi connectivity index (χ3n) is 5.23. The van der Waals surface area contributed by atoms with Crippen LogP contribution in [-0.4, -0.2) is 60.4 Å². The summed E-state index contributed by atoms with van der Waals surface area (Å²) in [5.74, 6) is 0.997. The molecule has 2 aromatic rings. The van der Waals surface area contributed by atoms with Gasteiger partial charge in [0.05, 0.1) is 5.69 Å². The van der Waals surface area contributed by atoms with E-state index in [1.165, 1.54) is 16.9 Å². The van der Waals surface area contributed by atoms with Gasteiger partial charge in [0, 0.05) is 58.2 Å². The molecule has 0 unspecified atom stereocenters. The summed E-state index contributed by atoms with van der Waals surface area (Å²) in [6.07, 6.45) is 0.967.